The number of amides is 1. The third-order valence-corrected chi connectivity index (χ3v) is 6.35. The Kier molecular flexibility index (Phi) is 4.01. The van der Waals surface area contributed by atoms with Crippen LogP contribution in [0, 0.1) is 11.8 Å². The molecule has 8 N–H and O–H groups in total. The van der Waals surface area contributed by atoms with Gasteiger partial charge >= 0.3 is 0 Å². The molecule has 1 aromatic heterocycles. The standard InChI is InChI=1S/C21H25N7O/c22-14-3-1-2-13-10-15(26-16(13)14)17-18-19(23)25-8-9-28(18)21(27-17)12-6-4-11(5-7-12)20(24)29/h1-3,8-12,21,26-27H,4-7,22H2,(H2,23,25)(H2,24,29). The molecule has 1 amide bonds. The zero-order valence-electron chi connectivity index (χ0n) is 16.1. The molecule has 1 atom stereocenters. The van der Waals surface area contributed by atoms with Crippen LogP contribution in [-0.2, 0) is 4.79 Å². The van der Waals surface area contributed by atoms with Crippen molar-refractivity contribution in [2.45, 2.75) is 31.8 Å². The lowest BCUT2D eigenvalue weighted by atomic mass is 9.80. The number of para-hydroxylation sites is 1. The number of H-pyrrole nitrogens is 1. The van der Waals surface area contributed by atoms with Crippen LogP contribution < -0.4 is 22.5 Å². The maximum Gasteiger partial charge on any atom is 0.220 e. The van der Waals surface area contributed by atoms with E-state index in [0.717, 1.165) is 53.7 Å². The third kappa shape index (κ3) is 2.83. The van der Waals surface area contributed by atoms with E-state index in [0.29, 0.717) is 17.4 Å². The van der Waals surface area contributed by atoms with Gasteiger partial charge in [0.1, 0.15) is 17.7 Å². The molecule has 150 valence electrons. The fourth-order valence-corrected chi connectivity index (χ4v) is 4.81. The van der Waals surface area contributed by atoms with Crippen LogP contribution in [0.25, 0.3) is 16.6 Å². The Labute approximate surface area is 168 Å². The molecule has 8 nitrogen and oxygen atoms in total. The van der Waals surface area contributed by atoms with E-state index in [2.05, 4.69) is 26.3 Å². The van der Waals surface area contributed by atoms with E-state index in [9.17, 15) is 4.79 Å². The number of amidine groups is 1. The summed E-state index contributed by atoms with van der Waals surface area (Å²) in [4.78, 5) is 21.4. The molecule has 0 radical (unpaired) electrons. The maximum absolute atomic E-state index is 11.5. The highest BCUT2D eigenvalue weighted by molar-refractivity contribution is 6.06. The number of anilines is 1. The van der Waals surface area contributed by atoms with Crippen LogP contribution >= 0.6 is 0 Å². The second-order valence-corrected chi connectivity index (χ2v) is 8.04. The second kappa shape index (κ2) is 6.58. The van der Waals surface area contributed by atoms with Crippen LogP contribution in [-0.4, -0.2) is 27.8 Å². The van der Waals surface area contributed by atoms with Crippen molar-refractivity contribution in [3.63, 3.8) is 0 Å². The summed E-state index contributed by atoms with van der Waals surface area (Å²) in [6.45, 7) is 0. The number of carbonyl (C=O) groups excluding carboxylic acids is 1. The average Bonchev–Trinajstić information content (AvgIpc) is 3.31. The first-order chi connectivity index (χ1) is 14.0. The summed E-state index contributed by atoms with van der Waals surface area (Å²) in [5, 5.41) is 4.73. The smallest absolute Gasteiger partial charge is 0.220 e. The Morgan fingerprint density at radius 2 is 1.97 bits per heavy atom. The highest BCUT2D eigenvalue weighted by atomic mass is 16.1. The monoisotopic (exact) mass is 391 g/mol. The number of benzene rings is 1. The molecule has 0 bridgehead atoms. The van der Waals surface area contributed by atoms with Crippen molar-refractivity contribution in [2.75, 3.05) is 5.73 Å². The predicted molar refractivity (Wildman–Crippen MR) is 114 cm³/mol. The van der Waals surface area contributed by atoms with Crippen molar-refractivity contribution >= 4 is 34.0 Å². The summed E-state index contributed by atoms with van der Waals surface area (Å²) >= 11 is 0. The molecule has 1 aromatic carbocycles. The van der Waals surface area contributed by atoms with Crippen LogP contribution in [0.5, 0.6) is 0 Å². The molecular weight excluding hydrogens is 366 g/mol. The van der Waals surface area contributed by atoms with Gasteiger partial charge < -0.3 is 32.4 Å². The summed E-state index contributed by atoms with van der Waals surface area (Å²) in [7, 11) is 0. The van der Waals surface area contributed by atoms with Crippen molar-refractivity contribution in [2.24, 2.45) is 28.3 Å². The summed E-state index contributed by atoms with van der Waals surface area (Å²) in [5.41, 5.74) is 22.3. The number of primary amides is 1. The van der Waals surface area contributed by atoms with E-state index < -0.39 is 0 Å². The summed E-state index contributed by atoms with van der Waals surface area (Å²) < 4.78 is 0. The van der Waals surface area contributed by atoms with Gasteiger partial charge in [-0.05, 0) is 43.7 Å². The number of nitrogens with one attached hydrogen (secondary N) is 2. The fraction of sp³-hybridized carbons (Fsp3) is 0.333. The summed E-state index contributed by atoms with van der Waals surface area (Å²) in [5.74, 6) is 0.657. The number of nitrogens with zero attached hydrogens (tertiary/aromatic N) is 2. The topological polar surface area (TPSA) is 139 Å². The number of aromatic amines is 1. The first-order valence-corrected chi connectivity index (χ1v) is 9.99. The molecule has 2 aromatic rings. The van der Waals surface area contributed by atoms with E-state index in [1.807, 2.05) is 24.4 Å². The quantitative estimate of drug-likeness (QED) is 0.508. The largest absolute Gasteiger partial charge is 0.397 e. The van der Waals surface area contributed by atoms with Gasteiger partial charge in [0.25, 0.3) is 0 Å². The van der Waals surface area contributed by atoms with Crippen LogP contribution in [0.15, 0.2) is 47.4 Å². The lowest BCUT2D eigenvalue weighted by molar-refractivity contribution is -0.123. The van der Waals surface area contributed by atoms with Gasteiger partial charge in [0.05, 0.1) is 22.6 Å². The first kappa shape index (κ1) is 17.7. The minimum absolute atomic E-state index is 0.0141. The number of aromatic nitrogens is 1. The fourth-order valence-electron chi connectivity index (χ4n) is 4.81. The molecule has 8 heteroatoms. The van der Waals surface area contributed by atoms with Crippen LogP contribution in [0.1, 0.15) is 31.4 Å². The molecule has 2 aliphatic heterocycles. The highest BCUT2D eigenvalue weighted by Gasteiger charge is 2.40. The van der Waals surface area contributed by atoms with Crippen molar-refractivity contribution in [3.8, 4) is 0 Å². The minimum Gasteiger partial charge on any atom is -0.397 e. The molecular formula is C21H25N7O. The molecule has 1 unspecified atom stereocenters. The third-order valence-electron chi connectivity index (χ3n) is 6.35. The Morgan fingerprint density at radius 3 is 2.69 bits per heavy atom. The normalized spacial score (nSPS) is 26.4. The molecule has 3 heterocycles. The first-order valence-electron chi connectivity index (χ1n) is 9.99. The van der Waals surface area contributed by atoms with Crippen molar-refractivity contribution in [1.29, 1.82) is 0 Å². The number of fused-ring (bicyclic) bond motifs is 2. The zero-order valence-corrected chi connectivity index (χ0v) is 16.1. The summed E-state index contributed by atoms with van der Waals surface area (Å²) in [6.07, 6.45) is 7.28. The SMILES string of the molecule is NC(=O)C1CCC(C2NC(c3cc4cccc(N)c4[nH]3)=C3C(N)=NC=CN32)CC1. The maximum atomic E-state index is 11.5. The van der Waals surface area contributed by atoms with Crippen molar-refractivity contribution in [3.05, 3.63) is 48.1 Å². The van der Waals surface area contributed by atoms with Gasteiger partial charge in [-0.2, -0.15) is 0 Å². The van der Waals surface area contributed by atoms with E-state index in [1.54, 1.807) is 6.20 Å². The van der Waals surface area contributed by atoms with E-state index in [1.165, 1.54) is 0 Å². The van der Waals surface area contributed by atoms with Crippen molar-refractivity contribution in [1.82, 2.24) is 15.2 Å². The molecule has 1 fully saturated rings. The number of hydrogen-bond donors (Lipinski definition) is 5. The number of aliphatic imine (C=N–C) groups is 1. The van der Waals surface area contributed by atoms with Gasteiger partial charge in [-0.25, -0.2) is 4.99 Å². The number of nitrogens with two attached hydrogens (primary N) is 3. The zero-order chi connectivity index (χ0) is 20.1. The van der Waals surface area contributed by atoms with E-state index >= 15 is 0 Å². The predicted octanol–water partition coefficient (Wildman–Crippen LogP) is 1.78. The molecule has 0 saturated heterocycles. The van der Waals surface area contributed by atoms with Crippen LogP contribution in [0.4, 0.5) is 5.69 Å². The summed E-state index contributed by atoms with van der Waals surface area (Å²) in [6, 6.07) is 7.94. The van der Waals surface area contributed by atoms with Gasteiger partial charge in [-0.15, -0.1) is 0 Å². The Balaban J connectivity index is 1.49. The lowest BCUT2D eigenvalue weighted by Gasteiger charge is -2.36. The van der Waals surface area contributed by atoms with Gasteiger partial charge in [-0.1, -0.05) is 12.1 Å². The van der Waals surface area contributed by atoms with Gasteiger partial charge in [0, 0.05) is 23.7 Å². The molecule has 3 aliphatic rings. The Bertz CT molecular complexity index is 1070. The Hall–Kier alpha value is -3.42. The minimum atomic E-state index is -0.188. The van der Waals surface area contributed by atoms with Gasteiger partial charge in [0.15, 0.2) is 0 Å². The highest BCUT2D eigenvalue weighted by Crippen LogP contribution is 2.39. The second-order valence-electron chi connectivity index (χ2n) is 8.04. The average molecular weight is 391 g/mol. The number of hydrogen-bond acceptors (Lipinski definition) is 6. The molecule has 29 heavy (non-hydrogen) atoms. The van der Waals surface area contributed by atoms with E-state index in [-0.39, 0.29) is 18.0 Å². The molecule has 0 spiro atoms. The molecule has 5 rings (SSSR count). The number of rotatable bonds is 3. The molecule has 1 saturated carbocycles. The van der Waals surface area contributed by atoms with Gasteiger partial charge in [0.2, 0.25) is 5.91 Å². The number of carbonyl (C=O) groups is 1. The van der Waals surface area contributed by atoms with Gasteiger partial charge in [-0.3, -0.25) is 4.79 Å². The van der Waals surface area contributed by atoms with Crippen LogP contribution in [0.2, 0.25) is 0 Å². The molecule has 1 aliphatic carbocycles. The Morgan fingerprint density at radius 1 is 1.17 bits per heavy atom. The lowest BCUT2D eigenvalue weighted by Crippen LogP contribution is -2.44. The van der Waals surface area contributed by atoms with Crippen LogP contribution in [0.3, 0.4) is 0 Å². The van der Waals surface area contributed by atoms with E-state index in [4.69, 9.17) is 17.2 Å². The van der Waals surface area contributed by atoms with Crippen molar-refractivity contribution < 1.29 is 4.79 Å². The number of nitrogen functional groups attached to an aromatic ring is 1.